The molecule has 9 nitrogen and oxygen atoms in total. The number of aryl methyl sites for hydroxylation is 2. The van der Waals surface area contributed by atoms with E-state index in [1.807, 2.05) is 38.1 Å². The molecule has 1 aromatic carbocycles. The van der Waals surface area contributed by atoms with Gasteiger partial charge in [-0.1, -0.05) is 37.1 Å². The maximum absolute atomic E-state index is 13.1. The van der Waals surface area contributed by atoms with Gasteiger partial charge in [0.2, 0.25) is 15.7 Å². The number of nitrogens with one attached hydrogen (secondary N) is 1. The highest BCUT2D eigenvalue weighted by Gasteiger charge is 2.32. The second-order valence-corrected chi connectivity index (χ2v) is 12.2. The van der Waals surface area contributed by atoms with Crippen LogP contribution in [-0.2, 0) is 14.8 Å². The Balaban J connectivity index is 1.90. The lowest BCUT2D eigenvalue weighted by Crippen LogP contribution is -2.33. The minimum atomic E-state index is -3.73. The highest BCUT2D eigenvalue weighted by atomic mass is 32.2. The summed E-state index contributed by atoms with van der Waals surface area (Å²) in [5.41, 5.74) is 4.11. The SMILES string of the molecule is CNC(=O)c1c(-c2ccc(C)cc2C)oc2nc(N(CCC[C@@H](C)C(=O)O)S(C)(=O)=O)c(C3CCC3)cc12. The number of nitrogens with zero attached hydrogens (tertiary/aromatic N) is 2. The zero-order valence-corrected chi connectivity index (χ0v) is 23.3. The van der Waals surface area contributed by atoms with E-state index in [-0.39, 0.29) is 29.9 Å². The molecule has 1 saturated carbocycles. The van der Waals surface area contributed by atoms with Crippen LogP contribution in [0.25, 0.3) is 22.4 Å². The topological polar surface area (TPSA) is 130 Å². The van der Waals surface area contributed by atoms with E-state index in [1.54, 1.807) is 14.0 Å². The van der Waals surface area contributed by atoms with Crippen molar-refractivity contribution in [1.29, 1.82) is 0 Å². The number of carbonyl (C=O) groups excluding carboxylic acids is 1. The van der Waals surface area contributed by atoms with Gasteiger partial charge < -0.3 is 14.8 Å². The maximum atomic E-state index is 13.1. The predicted molar refractivity (Wildman–Crippen MR) is 147 cm³/mol. The summed E-state index contributed by atoms with van der Waals surface area (Å²) < 4.78 is 33.4. The van der Waals surface area contributed by atoms with Crippen LogP contribution in [0.5, 0.6) is 0 Å². The van der Waals surface area contributed by atoms with Crippen molar-refractivity contribution < 1.29 is 27.5 Å². The van der Waals surface area contributed by atoms with Crippen molar-refractivity contribution in [1.82, 2.24) is 10.3 Å². The molecule has 204 valence electrons. The van der Waals surface area contributed by atoms with E-state index in [0.717, 1.165) is 47.8 Å². The summed E-state index contributed by atoms with van der Waals surface area (Å²) in [5.74, 6) is -1.02. The largest absolute Gasteiger partial charge is 0.481 e. The zero-order valence-electron chi connectivity index (χ0n) is 22.5. The molecular formula is C28H35N3O6S. The molecular weight excluding hydrogens is 506 g/mol. The number of benzene rings is 1. The van der Waals surface area contributed by atoms with Crippen molar-refractivity contribution in [2.75, 3.05) is 24.2 Å². The number of sulfonamides is 1. The number of rotatable bonds is 10. The molecule has 2 heterocycles. The van der Waals surface area contributed by atoms with Gasteiger partial charge >= 0.3 is 5.97 Å². The summed E-state index contributed by atoms with van der Waals surface area (Å²) in [6.45, 7) is 5.65. The standard InChI is InChI=1S/C28H35N3O6S/c1-16-11-12-20(18(3)14-16)24-23(26(32)29-4)22-15-21(19-9-6-10-19)25(30-27(22)37-24)31(38(5,35)36)13-7-8-17(2)28(33)34/h11-12,14-15,17,19H,6-10,13H2,1-5H3,(H,29,32)(H,33,34)/t17-/m1/s1. The lowest BCUT2D eigenvalue weighted by molar-refractivity contribution is -0.141. The number of amides is 1. The molecule has 2 N–H and O–H groups in total. The van der Waals surface area contributed by atoms with Crippen LogP contribution in [0.3, 0.4) is 0 Å². The van der Waals surface area contributed by atoms with Crippen LogP contribution < -0.4 is 9.62 Å². The van der Waals surface area contributed by atoms with Crippen LogP contribution in [0.4, 0.5) is 5.82 Å². The van der Waals surface area contributed by atoms with Crippen molar-refractivity contribution in [3.8, 4) is 11.3 Å². The van der Waals surface area contributed by atoms with Gasteiger partial charge in [-0.05, 0) is 62.6 Å². The molecule has 0 saturated heterocycles. The van der Waals surface area contributed by atoms with Crippen LogP contribution in [0.15, 0.2) is 28.7 Å². The number of aliphatic carboxylic acids is 1. The van der Waals surface area contributed by atoms with Crippen LogP contribution in [0, 0.1) is 19.8 Å². The fourth-order valence-electron chi connectivity index (χ4n) is 4.95. The number of carboxylic acid groups (broad SMARTS) is 1. The smallest absolute Gasteiger partial charge is 0.306 e. The zero-order chi connectivity index (χ0) is 27.8. The molecule has 1 aliphatic carbocycles. The molecule has 1 fully saturated rings. The Morgan fingerprint density at radius 2 is 1.95 bits per heavy atom. The summed E-state index contributed by atoms with van der Waals surface area (Å²) >= 11 is 0. The van der Waals surface area contributed by atoms with Gasteiger partial charge in [0.1, 0.15) is 5.82 Å². The number of carbonyl (C=O) groups is 2. The number of hydrogen-bond donors (Lipinski definition) is 2. The third-order valence-corrected chi connectivity index (χ3v) is 8.53. The van der Waals surface area contributed by atoms with Crippen molar-refractivity contribution in [3.63, 3.8) is 0 Å². The summed E-state index contributed by atoms with van der Waals surface area (Å²) in [6, 6.07) is 7.74. The average Bonchev–Trinajstić information content (AvgIpc) is 3.16. The van der Waals surface area contributed by atoms with Gasteiger partial charge in [0, 0.05) is 19.2 Å². The first-order chi connectivity index (χ1) is 17.9. The van der Waals surface area contributed by atoms with Crippen LogP contribution in [-0.4, -0.2) is 50.2 Å². The minimum Gasteiger partial charge on any atom is -0.481 e. The number of aromatic nitrogens is 1. The van der Waals surface area contributed by atoms with Crippen LogP contribution in [0.2, 0.25) is 0 Å². The molecule has 38 heavy (non-hydrogen) atoms. The first kappa shape index (κ1) is 27.6. The Labute approximate surface area is 223 Å². The molecule has 3 aromatic rings. The molecule has 0 aliphatic heterocycles. The Bertz CT molecular complexity index is 1490. The first-order valence-electron chi connectivity index (χ1n) is 12.9. The molecule has 0 unspecified atom stereocenters. The highest BCUT2D eigenvalue weighted by Crippen LogP contribution is 2.44. The van der Waals surface area contributed by atoms with E-state index in [1.165, 1.54) is 4.31 Å². The Morgan fingerprint density at radius 1 is 1.24 bits per heavy atom. The van der Waals surface area contributed by atoms with Crippen molar-refractivity contribution >= 4 is 38.8 Å². The first-order valence-corrected chi connectivity index (χ1v) is 14.7. The van der Waals surface area contributed by atoms with E-state index < -0.39 is 21.9 Å². The second-order valence-electron chi connectivity index (χ2n) is 10.3. The molecule has 0 bridgehead atoms. The summed E-state index contributed by atoms with van der Waals surface area (Å²) in [4.78, 5) is 29.1. The molecule has 2 aromatic heterocycles. The Morgan fingerprint density at radius 3 is 2.50 bits per heavy atom. The van der Waals surface area contributed by atoms with Crippen LogP contribution in [0.1, 0.15) is 72.0 Å². The minimum absolute atomic E-state index is 0.0988. The number of fused-ring (bicyclic) bond motifs is 1. The van der Waals surface area contributed by atoms with Gasteiger partial charge in [-0.3, -0.25) is 13.9 Å². The normalized spacial score (nSPS) is 14.8. The quantitative estimate of drug-likeness (QED) is 0.369. The van der Waals surface area contributed by atoms with E-state index in [2.05, 4.69) is 5.32 Å². The van der Waals surface area contributed by atoms with E-state index in [9.17, 15) is 23.1 Å². The van der Waals surface area contributed by atoms with Gasteiger partial charge in [-0.15, -0.1) is 0 Å². The number of anilines is 1. The Kier molecular flexibility index (Phi) is 7.83. The van der Waals surface area contributed by atoms with Crippen molar-refractivity contribution in [2.45, 2.75) is 58.8 Å². The molecule has 10 heteroatoms. The van der Waals surface area contributed by atoms with Crippen LogP contribution >= 0.6 is 0 Å². The highest BCUT2D eigenvalue weighted by molar-refractivity contribution is 7.92. The summed E-state index contributed by atoms with van der Waals surface area (Å²) in [5, 5.41) is 12.5. The molecule has 0 spiro atoms. The number of carboxylic acids is 1. The lowest BCUT2D eigenvalue weighted by Gasteiger charge is -2.31. The number of hydrogen-bond acceptors (Lipinski definition) is 6. The molecule has 4 rings (SSSR count). The van der Waals surface area contributed by atoms with Gasteiger partial charge in [0.25, 0.3) is 5.91 Å². The van der Waals surface area contributed by atoms with Crippen molar-refractivity contribution in [2.24, 2.45) is 5.92 Å². The fourth-order valence-corrected chi connectivity index (χ4v) is 5.87. The van der Waals surface area contributed by atoms with E-state index in [0.29, 0.717) is 29.6 Å². The van der Waals surface area contributed by atoms with Gasteiger partial charge in [-0.2, -0.15) is 4.98 Å². The number of furan rings is 1. The summed E-state index contributed by atoms with van der Waals surface area (Å²) in [6.07, 6.45) is 4.64. The molecule has 0 radical (unpaired) electrons. The van der Waals surface area contributed by atoms with E-state index >= 15 is 0 Å². The summed E-state index contributed by atoms with van der Waals surface area (Å²) in [7, 11) is -2.17. The third-order valence-electron chi connectivity index (χ3n) is 7.37. The average molecular weight is 542 g/mol. The molecule has 1 aliphatic rings. The molecule has 1 atom stereocenters. The lowest BCUT2D eigenvalue weighted by atomic mass is 9.79. The fraction of sp³-hybridized carbons (Fsp3) is 0.464. The third kappa shape index (κ3) is 5.41. The van der Waals surface area contributed by atoms with Gasteiger partial charge in [0.15, 0.2) is 5.76 Å². The predicted octanol–water partition coefficient (Wildman–Crippen LogP) is 5.01. The number of pyridine rings is 1. The monoisotopic (exact) mass is 541 g/mol. The molecule has 1 amide bonds. The maximum Gasteiger partial charge on any atom is 0.306 e. The second kappa shape index (κ2) is 10.8. The van der Waals surface area contributed by atoms with E-state index in [4.69, 9.17) is 9.40 Å². The van der Waals surface area contributed by atoms with Gasteiger partial charge in [-0.25, -0.2) is 8.42 Å². The van der Waals surface area contributed by atoms with Gasteiger partial charge in [0.05, 0.1) is 23.1 Å². The van der Waals surface area contributed by atoms with Crippen molar-refractivity contribution in [3.05, 3.63) is 46.5 Å². The Hall–Kier alpha value is -3.40.